The summed E-state index contributed by atoms with van der Waals surface area (Å²) >= 11 is 3.51. The molecule has 0 saturated heterocycles. The minimum Gasteiger partial charge on any atom is -0.488 e. The number of benzene rings is 3. The van der Waals surface area contributed by atoms with Crippen LogP contribution in [0.4, 0.5) is 18.9 Å². The van der Waals surface area contributed by atoms with Gasteiger partial charge in [0.25, 0.3) is 0 Å². The number of anilines is 1. The van der Waals surface area contributed by atoms with E-state index in [4.69, 9.17) is 10.5 Å². The number of ether oxygens (including phenoxy) is 1. The molecule has 0 radical (unpaired) electrons. The maximum atomic E-state index is 14.0. The van der Waals surface area contributed by atoms with Crippen LogP contribution < -0.4 is 15.4 Å². The van der Waals surface area contributed by atoms with Gasteiger partial charge in [0.15, 0.2) is 5.78 Å². The van der Waals surface area contributed by atoms with E-state index < -0.39 is 23.1 Å². The van der Waals surface area contributed by atoms with E-state index in [0.29, 0.717) is 29.1 Å². The fraction of sp³-hybridized carbons (Fsp3) is 0.294. The quantitative estimate of drug-likeness (QED) is 0.299. The number of allylic oxidation sites excluding steroid dienone is 3. The molecule has 1 aliphatic heterocycles. The Hall–Kier alpha value is -4.03. The van der Waals surface area contributed by atoms with Gasteiger partial charge in [0.1, 0.15) is 18.2 Å². The van der Waals surface area contributed by atoms with Gasteiger partial charge in [0.05, 0.1) is 27.6 Å². The van der Waals surface area contributed by atoms with Crippen LogP contribution in [0.3, 0.4) is 0 Å². The molecule has 3 aromatic rings. The van der Waals surface area contributed by atoms with E-state index in [9.17, 15) is 23.2 Å². The molecule has 2 aliphatic rings. The fourth-order valence-corrected chi connectivity index (χ4v) is 6.44. The molecular formula is C34H31BrF3N3O2. The van der Waals surface area contributed by atoms with Gasteiger partial charge in [-0.1, -0.05) is 43.7 Å². The van der Waals surface area contributed by atoms with Crippen molar-refractivity contribution < 1.29 is 22.7 Å². The third-order valence-electron chi connectivity index (χ3n) is 8.06. The Bertz CT molecular complexity index is 1720. The first-order valence-electron chi connectivity index (χ1n) is 13.8. The molecule has 222 valence electrons. The number of aryl methyl sites for hydroxylation is 1. The number of nitriles is 1. The van der Waals surface area contributed by atoms with Crippen molar-refractivity contribution in [1.29, 1.82) is 5.26 Å². The van der Waals surface area contributed by atoms with E-state index >= 15 is 0 Å². The summed E-state index contributed by atoms with van der Waals surface area (Å²) in [5.74, 6) is -0.0495. The molecule has 1 aliphatic carbocycles. The zero-order chi connectivity index (χ0) is 31.3. The summed E-state index contributed by atoms with van der Waals surface area (Å²) in [6.45, 7) is 8.11. The number of nitrogens with zero attached hydrogens (tertiary/aromatic N) is 2. The molecule has 0 fully saturated rings. The molecule has 0 aromatic heterocycles. The van der Waals surface area contributed by atoms with Gasteiger partial charge in [-0.05, 0) is 94.7 Å². The smallest absolute Gasteiger partial charge is 0.416 e. The first-order valence-corrected chi connectivity index (χ1v) is 14.6. The van der Waals surface area contributed by atoms with Gasteiger partial charge in [0, 0.05) is 23.4 Å². The predicted octanol–water partition coefficient (Wildman–Crippen LogP) is 8.60. The highest BCUT2D eigenvalue weighted by Gasteiger charge is 2.45. The summed E-state index contributed by atoms with van der Waals surface area (Å²) in [5, 5.41) is 10.5. The van der Waals surface area contributed by atoms with Crippen molar-refractivity contribution in [3.05, 3.63) is 116 Å². The van der Waals surface area contributed by atoms with E-state index in [1.165, 1.54) is 12.1 Å². The lowest BCUT2D eigenvalue weighted by atomic mass is 9.68. The molecule has 3 aromatic carbocycles. The van der Waals surface area contributed by atoms with Crippen molar-refractivity contribution >= 4 is 27.4 Å². The van der Waals surface area contributed by atoms with Crippen LogP contribution in [0.2, 0.25) is 0 Å². The Kier molecular flexibility index (Phi) is 7.95. The second-order valence-electron chi connectivity index (χ2n) is 11.9. The normalized spacial score (nSPS) is 18.4. The highest BCUT2D eigenvalue weighted by Crippen LogP contribution is 2.51. The fourth-order valence-electron chi connectivity index (χ4n) is 6.04. The number of Topliss-reactive ketones (excluding diaryl/α,β-unsaturated/α-hetero) is 1. The third-order valence-corrected chi connectivity index (χ3v) is 8.72. The standard InChI is InChI=1S/C34H31BrF3N3O2/c1-19-13-21(18-43-29-8-6-5-7-26(29)35)20(2)24(14-19)30-25(17-39)32(40)41(23-11-9-22(10-12-23)34(36,37)38)27-15-33(3,4)16-28(42)31(27)30/h5-14,30H,15-16,18,40H2,1-4H3. The Morgan fingerprint density at radius 1 is 1.09 bits per heavy atom. The number of carbonyl (C=O) groups is 1. The number of halogens is 4. The van der Waals surface area contributed by atoms with Crippen LogP contribution in [0.5, 0.6) is 5.75 Å². The lowest BCUT2D eigenvalue weighted by Crippen LogP contribution is -2.42. The zero-order valence-corrected chi connectivity index (χ0v) is 25.9. The van der Waals surface area contributed by atoms with E-state index in [0.717, 1.165) is 38.9 Å². The number of para-hydroxylation sites is 1. The maximum Gasteiger partial charge on any atom is 0.416 e. The second-order valence-corrected chi connectivity index (χ2v) is 12.7. The molecule has 43 heavy (non-hydrogen) atoms. The molecule has 0 bridgehead atoms. The number of rotatable bonds is 5. The van der Waals surface area contributed by atoms with E-state index in [2.05, 4.69) is 22.0 Å². The van der Waals surface area contributed by atoms with Gasteiger partial charge in [0.2, 0.25) is 0 Å². The van der Waals surface area contributed by atoms with Gasteiger partial charge in [-0.25, -0.2) is 0 Å². The molecular weight excluding hydrogens is 619 g/mol. The van der Waals surface area contributed by atoms with Crippen molar-refractivity contribution in [2.75, 3.05) is 4.90 Å². The lowest BCUT2D eigenvalue weighted by molar-refractivity contribution is -0.137. The van der Waals surface area contributed by atoms with Crippen LogP contribution in [0.1, 0.15) is 60.4 Å². The second kappa shape index (κ2) is 11.2. The monoisotopic (exact) mass is 649 g/mol. The predicted molar refractivity (Wildman–Crippen MR) is 163 cm³/mol. The van der Waals surface area contributed by atoms with Crippen LogP contribution in [0.15, 0.2) is 87.8 Å². The Labute approximate surface area is 257 Å². The third kappa shape index (κ3) is 5.81. The number of hydrogen-bond donors (Lipinski definition) is 1. The molecule has 2 N–H and O–H groups in total. The van der Waals surface area contributed by atoms with Crippen LogP contribution in [0, 0.1) is 30.6 Å². The first kappa shape index (κ1) is 30.4. The van der Waals surface area contributed by atoms with Gasteiger partial charge in [-0.15, -0.1) is 0 Å². The topological polar surface area (TPSA) is 79.3 Å². The SMILES string of the molecule is Cc1cc(COc2ccccc2Br)c(C)c(C2C(C#N)=C(N)N(c3ccc(C(F)(F)F)cc3)C3=C2C(=O)CC(C)(C)C3)c1. The van der Waals surface area contributed by atoms with Crippen molar-refractivity contribution in [2.24, 2.45) is 11.1 Å². The number of carbonyl (C=O) groups excluding carboxylic acids is 1. The molecule has 0 amide bonds. The van der Waals surface area contributed by atoms with E-state index in [-0.39, 0.29) is 30.2 Å². The summed E-state index contributed by atoms with van der Waals surface area (Å²) in [5.41, 5.74) is 10.6. The highest BCUT2D eigenvalue weighted by atomic mass is 79.9. The zero-order valence-electron chi connectivity index (χ0n) is 24.3. The maximum absolute atomic E-state index is 14.0. The summed E-state index contributed by atoms with van der Waals surface area (Å²) < 4.78 is 46.9. The number of alkyl halides is 3. The van der Waals surface area contributed by atoms with Gasteiger partial charge < -0.3 is 10.5 Å². The Morgan fingerprint density at radius 3 is 2.40 bits per heavy atom. The van der Waals surface area contributed by atoms with Gasteiger partial charge in [-0.3, -0.25) is 9.69 Å². The molecule has 0 spiro atoms. The number of hydrogen-bond acceptors (Lipinski definition) is 5. The van der Waals surface area contributed by atoms with Crippen molar-refractivity contribution in [3.63, 3.8) is 0 Å². The van der Waals surface area contributed by atoms with E-state index in [1.807, 2.05) is 64.1 Å². The van der Waals surface area contributed by atoms with Crippen LogP contribution >= 0.6 is 15.9 Å². The van der Waals surface area contributed by atoms with Crippen molar-refractivity contribution in [2.45, 2.75) is 59.2 Å². The minimum absolute atomic E-state index is 0.100. The van der Waals surface area contributed by atoms with Crippen LogP contribution in [-0.2, 0) is 17.6 Å². The molecule has 9 heteroatoms. The average molecular weight is 651 g/mol. The molecule has 1 unspecified atom stereocenters. The highest BCUT2D eigenvalue weighted by molar-refractivity contribution is 9.10. The first-order chi connectivity index (χ1) is 20.2. The van der Waals surface area contributed by atoms with E-state index in [1.54, 1.807) is 4.90 Å². The number of ketones is 1. The summed E-state index contributed by atoms with van der Waals surface area (Å²) in [6, 6.07) is 18.4. The molecule has 1 heterocycles. The summed E-state index contributed by atoms with van der Waals surface area (Å²) in [4.78, 5) is 15.5. The van der Waals surface area contributed by atoms with Crippen LogP contribution in [-0.4, -0.2) is 5.78 Å². The molecule has 5 rings (SSSR count). The van der Waals surface area contributed by atoms with Crippen molar-refractivity contribution in [3.8, 4) is 11.8 Å². The van der Waals surface area contributed by atoms with Gasteiger partial charge >= 0.3 is 6.18 Å². The molecule has 5 nitrogen and oxygen atoms in total. The average Bonchev–Trinajstić information content (AvgIpc) is 2.92. The minimum atomic E-state index is -4.50. The lowest BCUT2D eigenvalue weighted by Gasteiger charge is -2.44. The Morgan fingerprint density at radius 2 is 1.77 bits per heavy atom. The summed E-state index contributed by atoms with van der Waals surface area (Å²) in [7, 11) is 0. The van der Waals surface area contributed by atoms with Gasteiger partial charge in [-0.2, -0.15) is 18.4 Å². The largest absolute Gasteiger partial charge is 0.488 e. The van der Waals surface area contributed by atoms with Crippen LogP contribution in [0.25, 0.3) is 0 Å². The summed E-state index contributed by atoms with van der Waals surface area (Å²) in [6.07, 6.45) is -3.78. The number of nitrogens with two attached hydrogens (primary N) is 1. The van der Waals surface area contributed by atoms with Crippen molar-refractivity contribution in [1.82, 2.24) is 0 Å². The molecule has 0 saturated carbocycles. The molecule has 1 atom stereocenters. The Balaban J connectivity index is 1.66.